The molecule has 3 rings (SSSR count). The summed E-state index contributed by atoms with van der Waals surface area (Å²) in [5.41, 5.74) is 1.22. The molecule has 2 aliphatic rings. The summed E-state index contributed by atoms with van der Waals surface area (Å²) in [5, 5.41) is -0.254. The molecule has 1 aromatic rings. The molecule has 0 N–H and O–H groups in total. The minimum atomic E-state index is -0.254. The van der Waals surface area contributed by atoms with Crippen molar-refractivity contribution in [2.24, 2.45) is 0 Å². The number of methoxy groups -OCH3 is 1. The predicted molar refractivity (Wildman–Crippen MR) is 113 cm³/mol. The molecule has 152 valence electrons. The zero-order valence-electron chi connectivity index (χ0n) is 16.5. The summed E-state index contributed by atoms with van der Waals surface area (Å²) in [6.45, 7) is 6.26. The van der Waals surface area contributed by atoms with Gasteiger partial charge in [-0.25, -0.2) is 0 Å². The van der Waals surface area contributed by atoms with E-state index in [0.717, 1.165) is 38.5 Å². The summed E-state index contributed by atoms with van der Waals surface area (Å²) in [6.07, 6.45) is 4.36. The smallest absolute Gasteiger partial charge is 0.320 e. The van der Waals surface area contributed by atoms with E-state index in [9.17, 15) is 9.59 Å². The van der Waals surface area contributed by atoms with Crippen LogP contribution in [-0.4, -0.2) is 97.0 Å². The summed E-state index contributed by atoms with van der Waals surface area (Å²) < 4.78 is 4.82. The van der Waals surface area contributed by atoms with Crippen LogP contribution >= 0.6 is 11.8 Å². The molecule has 2 fully saturated rings. The average molecular weight is 404 g/mol. The first-order valence-corrected chi connectivity index (χ1v) is 10.8. The van der Waals surface area contributed by atoms with Gasteiger partial charge in [-0.05, 0) is 5.56 Å². The number of thioether (sulfide) groups is 1. The van der Waals surface area contributed by atoms with E-state index in [4.69, 9.17) is 4.74 Å². The van der Waals surface area contributed by atoms with Gasteiger partial charge in [0.05, 0.1) is 13.7 Å². The van der Waals surface area contributed by atoms with Gasteiger partial charge in [0.15, 0.2) is 0 Å². The Kier molecular flexibility index (Phi) is 7.94. The molecule has 2 heterocycles. The lowest BCUT2D eigenvalue weighted by Crippen LogP contribution is -2.52. The van der Waals surface area contributed by atoms with E-state index in [2.05, 4.69) is 34.1 Å². The van der Waals surface area contributed by atoms with Crippen molar-refractivity contribution in [1.82, 2.24) is 14.7 Å². The third-order valence-electron chi connectivity index (χ3n) is 5.18. The van der Waals surface area contributed by atoms with Crippen LogP contribution < -0.4 is 0 Å². The minimum absolute atomic E-state index is 0.117. The van der Waals surface area contributed by atoms with Gasteiger partial charge in [-0.2, -0.15) is 0 Å². The third kappa shape index (κ3) is 6.09. The van der Waals surface area contributed by atoms with Crippen LogP contribution in [0.1, 0.15) is 5.56 Å². The Labute approximate surface area is 171 Å². The number of ether oxygens (including phenoxy) is 1. The SMILES string of the molecule is COC(=O)[C@@H]1CN(C(=O)CN2CCN(C/C=C/c3ccccc3)CC2)CCS1. The van der Waals surface area contributed by atoms with Gasteiger partial charge >= 0.3 is 5.97 Å². The van der Waals surface area contributed by atoms with Crippen molar-refractivity contribution >= 4 is 29.7 Å². The molecule has 1 amide bonds. The van der Waals surface area contributed by atoms with Crippen LogP contribution in [0.4, 0.5) is 0 Å². The molecular weight excluding hydrogens is 374 g/mol. The Morgan fingerprint density at radius 1 is 1.11 bits per heavy atom. The van der Waals surface area contributed by atoms with E-state index in [1.165, 1.54) is 12.7 Å². The van der Waals surface area contributed by atoms with E-state index in [0.29, 0.717) is 19.6 Å². The standard InChI is InChI=1S/C21H29N3O3S/c1-27-21(26)19-16-24(14-15-28-19)20(25)17-23-12-10-22(11-13-23)9-5-8-18-6-3-2-4-7-18/h2-8,19H,9-17H2,1H3/b8-5+/t19-/m0/s1. The molecular formula is C21H29N3O3S. The lowest BCUT2D eigenvalue weighted by molar-refractivity contribution is -0.141. The first-order valence-electron chi connectivity index (χ1n) is 9.79. The third-order valence-corrected chi connectivity index (χ3v) is 6.34. The second kappa shape index (κ2) is 10.6. The van der Waals surface area contributed by atoms with Gasteiger partial charge in [0, 0.05) is 51.6 Å². The zero-order chi connectivity index (χ0) is 19.8. The topological polar surface area (TPSA) is 53.1 Å². The van der Waals surface area contributed by atoms with Crippen LogP contribution in [0, 0.1) is 0 Å². The fraction of sp³-hybridized carbons (Fsp3) is 0.524. The molecule has 2 aliphatic heterocycles. The van der Waals surface area contributed by atoms with Gasteiger partial charge in [0.1, 0.15) is 5.25 Å². The molecule has 0 unspecified atom stereocenters. The monoisotopic (exact) mass is 403 g/mol. The number of hydrogen-bond donors (Lipinski definition) is 0. The highest BCUT2D eigenvalue weighted by atomic mass is 32.2. The van der Waals surface area contributed by atoms with Crippen molar-refractivity contribution in [3.05, 3.63) is 42.0 Å². The average Bonchev–Trinajstić information content (AvgIpc) is 2.75. The number of esters is 1. The first kappa shape index (κ1) is 20.9. The molecule has 6 nitrogen and oxygen atoms in total. The Bertz CT molecular complexity index is 675. The van der Waals surface area contributed by atoms with Gasteiger partial charge in [0.25, 0.3) is 0 Å². The van der Waals surface area contributed by atoms with Crippen molar-refractivity contribution in [3.8, 4) is 0 Å². The summed E-state index contributed by atoms with van der Waals surface area (Å²) in [4.78, 5) is 30.8. The van der Waals surface area contributed by atoms with Gasteiger partial charge in [-0.1, -0.05) is 42.5 Å². The normalized spacial score (nSPS) is 21.8. The van der Waals surface area contributed by atoms with Crippen molar-refractivity contribution in [2.75, 3.05) is 65.2 Å². The lowest BCUT2D eigenvalue weighted by atomic mass is 10.2. The predicted octanol–water partition coefficient (Wildman–Crippen LogP) is 1.43. The van der Waals surface area contributed by atoms with Crippen LogP contribution in [0.15, 0.2) is 36.4 Å². The molecule has 0 saturated carbocycles. The number of carbonyl (C=O) groups is 2. The Hall–Kier alpha value is -1.83. The molecule has 0 aliphatic carbocycles. The van der Waals surface area contributed by atoms with Crippen LogP contribution in [-0.2, 0) is 14.3 Å². The summed E-state index contributed by atoms with van der Waals surface area (Å²) in [5.74, 6) is 0.666. The number of benzene rings is 1. The fourth-order valence-electron chi connectivity index (χ4n) is 3.47. The van der Waals surface area contributed by atoms with Gasteiger partial charge in [-0.3, -0.25) is 19.4 Å². The molecule has 2 saturated heterocycles. The number of hydrogen-bond acceptors (Lipinski definition) is 6. The highest BCUT2D eigenvalue weighted by Gasteiger charge is 2.30. The summed E-state index contributed by atoms with van der Waals surface area (Å²) in [6, 6.07) is 10.3. The van der Waals surface area contributed by atoms with Crippen molar-refractivity contribution < 1.29 is 14.3 Å². The largest absolute Gasteiger partial charge is 0.468 e. The Morgan fingerprint density at radius 3 is 2.54 bits per heavy atom. The van der Waals surface area contributed by atoms with E-state index >= 15 is 0 Å². The quantitative estimate of drug-likeness (QED) is 0.670. The molecule has 1 atom stereocenters. The van der Waals surface area contributed by atoms with Crippen molar-refractivity contribution in [2.45, 2.75) is 5.25 Å². The van der Waals surface area contributed by atoms with Crippen LogP contribution in [0.2, 0.25) is 0 Å². The maximum absolute atomic E-state index is 12.6. The number of amides is 1. The second-order valence-corrected chi connectivity index (χ2v) is 8.42. The van der Waals surface area contributed by atoms with Crippen LogP contribution in [0.3, 0.4) is 0 Å². The summed E-state index contributed by atoms with van der Waals surface area (Å²) in [7, 11) is 1.40. The Morgan fingerprint density at radius 2 is 1.82 bits per heavy atom. The maximum atomic E-state index is 12.6. The number of rotatable bonds is 6. The van der Waals surface area contributed by atoms with E-state index in [1.807, 2.05) is 23.1 Å². The number of carbonyl (C=O) groups excluding carboxylic acids is 2. The van der Waals surface area contributed by atoms with Crippen molar-refractivity contribution in [1.29, 1.82) is 0 Å². The fourth-order valence-corrected chi connectivity index (χ4v) is 4.60. The van der Waals surface area contributed by atoms with Gasteiger partial charge in [-0.15, -0.1) is 11.8 Å². The molecule has 0 spiro atoms. The van der Waals surface area contributed by atoms with Gasteiger partial charge < -0.3 is 9.64 Å². The zero-order valence-corrected chi connectivity index (χ0v) is 17.3. The molecule has 0 radical (unpaired) electrons. The molecule has 7 heteroatoms. The maximum Gasteiger partial charge on any atom is 0.320 e. The van der Waals surface area contributed by atoms with Crippen LogP contribution in [0.25, 0.3) is 6.08 Å². The van der Waals surface area contributed by atoms with E-state index in [-0.39, 0.29) is 17.1 Å². The molecule has 0 aromatic heterocycles. The highest BCUT2D eigenvalue weighted by molar-refractivity contribution is 8.00. The van der Waals surface area contributed by atoms with E-state index < -0.39 is 0 Å². The number of piperazine rings is 1. The first-order chi connectivity index (χ1) is 13.7. The Balaban J connectivity index is 1.38. The molecule has 28 heavy (non-hydrogen) atoms. The van der Waals surface area contributed by atoms with Gasteiger partial charge in [0.2, 0.25) is 5.91 Å². The van der Waals surface area contributed by atoms with Crippen molar-refractivity contribution in [3.63, 3.8) is 0 Å². The lowest BCUT2D eigenvalue weighted by Gasteiger charge is -2.36. The minimum Gasteiger partial charge on any atom is -0.468 e. The highest BCUT2D eigenvalue weighted by Crippen LogP contribution is 2.20. The van der Waals surface area contributed by atoms with E-state index in [1.54, 1.807) is 11.8 Å². The summed E-state index contributed by atoms with van der Waals surface area (Å²) >= 11 is 1.57. The van der Waals surface area contributed by atoms with Crippen LogP contribution in [0.5, 0.6) is 0 Å². The second-order valence-electron chi connectivity index (χ2n) is 7.11. The molecule has 1 aromatic carbocycles. The molecule has 0 bridgehead atoms. The number of nitrogens with zero attached hydrogens (tertiary/aromatic N) is 3.